The first kappa shape index (κ1) is 15.5. The molecule has 0 aromatic heterocycles. The zero-order chi connectivity index (χ0) is 13.8. The molecular weight excluding hydrogens is 439 g/mol. The average molecular weight is 449 g/mol. The maximum absolute atomic E-state index is 11.6. The van der Waals surface area contributed by atoms with Crippen molar-refractivity contribution in [3.05, 3.63) is 26.2 Å². The molecule has 2 N–H and O–H groups in total. The number of nitrogens with one attached hydrogen (secondary N) is 2. The van der Waals surface area contributed by atoms with Crippen molar-refractivity contribution >= 4 is 60.5 Å². The van der Waals surface area contributed by atoms with Gasteiger partial charge in [0.25, 0.3) is 0 Å². The molecule has 1 amide bonds. The second-order valence-corrected chi connectivity index (χ2v) is 6.57. The van der Waals surface area contributed by atoms with Gasteiger partial charge in [0, 0.05) is 8.04 Å². The predicted octanol–water partition coefficient (Wildman–Crippen LogP) is 2.46. The van der Waals surface area contributed by atoms with E-state index in [0.29, 0.717) is 10.2 Å². The van der Waals surface area contributed by atoms with Gasteiger partial charge in [0.05, 0.1) is 12.3 Å². The van der Waals surface area contributed by atoms with E-state index in [1.807, 2.05) is 22.6 Å². The van der Waals surface area contributed by atoms with Gasteiger partial charge in [-0.1, -0.05) is 0 Å². The molecule has 1 rings (SSSR count). The van der Waals surface area contributed by atoms with Crippen molar-refractivity contribution in [2.24, 2.45) is 0 Å². The van der Waals surface area contributed by atoms with Crippen LogP contribution in [0.5, 0.6) is 0 Å². The minimum atomic E-state index is -4.00. The van der Waals surface area contributed by atoms with Gasteiger partial charge in [0.1, 0.15) is 0 Å². The second-order valence-electron chi connectivity index (χ2n) is 3.05. The molecule has 0 aliphatic rings. The molecule has 18 heavy (non-hydrogen) atoms. The molecule has 1 aromatic carbocycles. The van der Waals surface area contributed by atoms with E-state index in [0.717, 1.165) is 3.57 Å². The van der Waals surface area contributed by atoms with Crippen LogP contribution >= 0.6 is 38.5 Å². The molecule has 0 aliphatic heterocycles. The Bertz CT molecular complexity index is 549. The van der Waals surface area contributed by atoms with E-state index in [9.17, 15) is 13.2 Å². The Morgan fingerprint density at radius 2 is 2.17 bits per heavy atom. The number of hydrogen-bond acceptors (Lipinski definition) is 4. The monoisotopic (exact) mass is 448 g/mol. The highest BCUT2D eigenvalue weighted by Crippen LogP contribution is 2.24. The normalized spacial score (nSPS) is 10.8. The highest BCUT2D eigenvalue weighted by Gasteiger charge is 2.16. The maximum Gasteiger partial charge on any atom is 0.422 e. The van der Waals surface area contributed by atoms with Crippen LogP contribution < -0.4 is 9.44 Å². The third-order valence-corrected chi connectivity index (χ3v) is 3.95. The molecule has 100 valence electrons. The fourth-order valence-electron chi connectivity index (χ4n) is 1.02. The summed E-state index contributed by atoms with van der Waals surface area (Å²) < 4.78 is 33.1. The Hall–Kier alpha value is -0.550. The molecule has 0 bridgehead atoms. The highest BCUT2D eigenvalue weighted by atomic mass is 127. The number of carbonyl (C=O) groups excluding carboxylic acids is 1. The number of halogens is 2. The molecule has 0 heterocycles. The molecule has 0 saturated carbocycles. The molecule has 0 fully saturated rings. The first-order valence-electron chi connectivity index (χ1n) is 4.76. The number of ether oxygens (including phenoxy) is 1. The van der Waals surface area contributed by atoms with Crippen molar-refractivity contribution in [1.82, 2.24) is 4.72 Å². The zero-order valence-electron chi connectivity index (χ0n) is 9.24. The summed E-state index contributed by atoms with van der Waals surface area (Å²) in [5.74, 6) is 0. The molecule has 1 aromatic rings. The number of anilines is 1. The largest absolute Gasteiger partial charge is 0.449 e. The number of benzene rings is 1. The molecule has 0 unspecified atom stereocenters. The molecule has 0 saturated heterocycles. The van der Waals surface area contributed by atoms with E-state index < -0.39 is 16.3 Å². The van der Waals surface area contributed by atoms with Gasteiger partial charge in [-0.05, 0) is 63.6 Å². The molecule has 9 heteroatoms. The van der Waals surface area contributed by atoms with E-state index in [-0.39, 0.29) is 6.61 Å². The number of carbonyl (C=O) groups is 1. The van der Waals surface area contributed by atoms with Crippen molar-refractivity contribution in [1.29, 1.82) is 0 Å². The molecule has 0 spiro atoms. The van der Waals surface area contributed by atoms with Crippen molar-refractivity contribution in [2.45, 2.75) is 6.92 Å². The minimum absolute atomic E-state index is 0.0916. The summed E-state index contributed by atoms with van der Waals surface area (Å²) in [5.41, 5.74) is 0.332. The van der Waals surface area contributed by atoms with E-state index in [1.54, 1.807) is 29.8 Å². The van der Waals surface area contributed by atoms with Crippen LogP contribution in [0.15, 0.2) is 22.7 Å². The lowest BCUT2D eigenvalue weighted by Crippen LogP contribution is -2.35. The van der Waals surface area contributed by atoms with Gasteiger partial charge in [-0.2, -0.15) is 8.42 Å². The lowest BCUT2D eigenvalue weighted by atomic mass is 10.3. The number of rotatable bonds is 4. The second kappa shape index (κ2) is 6.57. The van der Waals surface area contributed by atoms with E-state index in [4.69, 9.17) is 0 Å². The van der Waals surface area contributed by atoms with Crippen molar-refractivity contribution in [3.8, 4) is 0 Å². The van der Waals surface area contributed by atoms with Crippen LogP contribution in [0.1, 0.15) is 6.92 Å². The Labute approximate surface area is 127 Å². The van der Waals surface area contributed by atoms with Gasteiger partial charge in [0.15, 0.2) is 0 Å². The zero-order valence-corrected chi connectivity index (χ0v) is 13.8. The van der Waals surface area contributed by atoms with Crippen LogP contribution in [0.25, 0.3) is 0 Å². The van der Waals surface area contributed by atoms with Crippen LogP contribution in [0.2, 0.25) is 0 Å². The summed E-state index contributed by atoms with van der Waals surface area (Å²) in [5, 5.41) is 0. The minimum Gasteiger partial charge on any atom is -0.449 e. The van der Waals surface area contributed by atoms with Crippen LogP contribution in [0, 0.1) is 3.57 Å². The lowest BCUT2D eigenvalue weighted by molar-refractivity contribution is 0.159. The molecule has 0 aliphatic carbocycles. The van der Waals surface area contributed by atoms with Gasteiger partial charge >= 0.3 is 16.3 Å². The van der Waals surface area contributed by atoms with Crippen molar-refractivity contribution < 1.29 is 17.9 Å². The Morgan fingerprint density at radius 3 is 2.78 bits per heavy atom. The highest BCUT2D eigenvalue weighted by molar-refractivity contribution is 14.1. The van der Waals surface area contributed by atoms with E-state index in [2.05, 4.69) is 25.4 Å². The molecule has 0 atom stereocenters. The smallest absolute Gasteiger partial charge is 0.422 e. The third kappa shape index (κ3) is 4.98. The fraction of sp³-hybridized carbons (Fsp3) is 0.222. The summed E-state index contributed by atoms with van der Waals surface area (Å²) in [6.07, 6.45) is -1.02. The first-order valence-corrected chi connectivity index (χ1v) is 8.12. The summed E-state index contributed by atoms with van der Waals surface area (Å²) in [6, 6.07) is 5.13. The lowest BCUT2D eigenvalue weighted by Gasteiger charge is -2.10. The topological polar surface area (TPSA) is 84.5 Å². The predicted molar refractivity (Wildman–Crippen MR) is 79.6 cm³/mol. The van der Waals surface area contributed by atoms with E-state index in [1.165, 1.54) is 0 Å². The summed E-state index contributed by atoms with van der Waals surface area (Å²) in [6.45, 7) is 1.67. The average Bonchev–Trinajstić information content (AvgIpc) is 2.22. The van der Waals surface area contributed by atoms with Gasteiger partial charge < -0.3 is 4.74 Å². The summed E-state index contributed by atoms with van der Waals surface area (Å²) >= 11 is 5.25. The fourth-order valence-corrected chi connectivity index (χ4v) is 2.77. The SMILES string of the molecule is CCOC(=O)NS(=O)(=O)Nc1cc(I)ccc1Br. The van der Waals surface area contributed by atoms with Crippen molar-refractivity contribution in [3.63, 3.8) is 0 Å². The Kier molecular flexibility index (Phi) is 5.66. The molecule has 6 nitrogen and oxygen atoms in total. The third-order valence-electron chi connectivity index (χ3n) is 1.67. The molecule has 0 radical (unpaired) electrons. The number of hydrogen-bond donors (Lipinski definition) is 2. The summed E-state index contributed by atoms with van der Waals surface area (Å²) in [7, 11) is -4.00. The van der Waals surface area contributed by atoms with Crippen LogP contribution in [0.4, 0.5) is 10.5 Å². The van der Waals surface area contributed by atoms with Gasteiger partial charge in [-0.15, -0.1) is 0 Å². The molecular formula is C9H10BrIN2O4S. The van der Waals surface area contributed by atoms with Crippen LogP contribution in [-0.2, 0) is 14.9 Å². The van der Waals surface area contributed by atoms with E-state index >= 15 is 0 Å². The van der Waals surface area contributed by atoms with Crippen molar-refractivity contribution in [2.75, 3.05) is 11.3 Å². The summed E-state index contributed by atoms with van der Waals surface area (Å²) in [4.78, 5) is 11.0. The quantitative estimate of drug-likeness (QED) is 0.693. The van der Waals surface area contributed by atoms with Crippen LogP contribution in [0.3, 0.4) is 0 Å². The standard InChI is InChI=1S/C9H10BrIN2O4S/c1-2-17-9(14)13-18(15,16)12-8-5-6(11)3-4-7(8)10/h3-5,12H,2H2,1H3,(H,13,14). The van der Waals surface area contributed by atoms with Gasteiger partial charge in [-0.3, -0.25) is 4.72 Å². The first-order chi connectivity index (χ1) is 8.34. The Balaban J connectivity index is 2.82. The Morgan fingerprint density at radius 1 is 1.50 bits per heavy atom. The number of amides is 1. The van der Waals surface area contributed by atoms with Crippen LogP contribution in [-0.4, -0.2) is 21.1 Å². The van der Waals surface area contributed by atoms with Gasteiger partial charge in [0.2, 0.25) is 0 Å². The van der Waals surface area contributed by atoms with Gasteiger partial charge in [-0.25, -0.2) is 9.52 Å². The maximum atomic E-state index is 11.6.